The summed E-state index contributed by atoms with van der Waals surface area (Å²) in [6.07, 6.45) is 0. The van der Waals surface area contributed by atoms with Crippen LogP contribution in [0.25, 0.3) is 0 Å². The largest absolute Gasteiger partial charge is 0.394 e. The van der Waals surface area contributed by atoms with Gasteiger partial charge >= 0.3 is 0 Å². The summed E-state index contributed by atoms with van der Waals surface area (Å²) in [5.74, 6) is -0.497. The molecule has 6 heteroatoms. The van der Waals surface area contributed by atoms with E-state index in [4.69, 9.17) is 0 Å². The van der Waals surface area contributed by atoms with Gasteiger partial charge in [-0.3, -0.25) is 9.59 Å². The molecular weight excluding hydrogens is 332 g/mol. The van der Waals surface area contributed by atoms with Gasteiger partial charge in [0.25, 0.3) is 0 Å². The first-order valence-corrected chi connectivity index (χ1v) is 8.56. The topological polar surface area (TPSA) is 81.1 Å². The lowest BCUT2D eigenvalue weighted by Gasteiger charge is -2.41. The number of rotatable bonds is 6. The first-order chi connectivity index (χ1) is 12.7. The lowest BCUT2D eigenvalue weighted by Crippen LogP contribution is -2.56. The molecule has 1 aliphatic rings. The van der Waals surface area contributed by atoms with Gasteiger partial charge in [0.2, 0.25) is 11.8 Å². The summed E-state index contributed by atoms with van der Waals surface area (Å²) in [4.78, 5) is 28.3. The summed E-state index contributed by atoms with van der Waals surface area (Å²) >= 11 is 0. The molecule has 0 aliphatic carbocycles. The molecule has 2 unspecified atom stereocenters. The number of hydrogen-bond donors (Lipinski definition) is 2. The predicted octanol–water partition coefficient (Wildman–Crippen LogP) is 1.12. The normalized spacial score (nSPS) is 17.3. The van der Waals surface area contributed by atoms with Crippen molar-refractivity contribution in [3.05, 3.63) is 71.8 Å². The molecule has 2 aromatic rings. The number of aliphatic hydroxyl groups excluding tert-OH is 2. The molecule has 0 saturated carbocycles. The van der Waals surface area contributed by atoms with E-state index in [1.165, 1.54) is 9.80 Å². The molecular formula is C20H22N2O4. The number of amides is 2. The fourth-order valence-electron chi connectivity index (χ4n) is 3.34. The van der Waals surface area contributed by atoms with E-state index in [-0.39, 0.29) is 38.1 Å². The molecule has 2 N–H and O–H groups in total. The SMILES string of the molecule is O=C1CN(C(CO)c2ccccc2)C(=O)CN1C(CO)c1ccccc1. The van der Waals surface area contributed by atoms with Crippen molar-refractivity contribution >= 4 is 11.8 Å². The van der Waals surface area contributed by atoms with Crippen LogP contribution >= 0.6 is 0 Å². The highest BCUT2D eigenvalue weighted by molar-refractivity contribution is 5.93. The summed E-state index contributed by atoms with van der Waals surface area (Å²) in [6.45, 7) is -0.763. The van der Waals surface area contributed by atoms with E-state index in [2.05, 4.69) is 0 Å². The highest BCUT2D eigenvalue weighted by Gasteiger charge is 2.37. The number of nitrogens with zero attached hydrogens (tertiary/aromatic N) is 2. The van der Waals surface area contributed by atoms with Gasteiger partial charge in [-0.2, -0.15) is 0 Å². The standard InChI is InChI=1S/C20H22N2O4/c23-13-17(15-7-3-1-4-8-15)21-11-20(26)22(12-19(21)25)18(14-24)16-9-5-2-6-10-16/h1-10,17-18,23-24H,11-14H2. The van der Waals surface area contributed by atoms with Crippen LogP contribution in [0.15, 0.2) is 60.7 Å². The lowest BCUT2D eigenvalue weighted by atomic mass is 10.0. The second kappa shape index (κ2) is 8.12. The summed E-state index contributed by atoms with van der Waals surface area (Å²) in [6, 6.07) is 17.2. The van der Waals surface area contributed by atoms with Crippen molar-refractivity contribution in [2.24, 2.45) is 0 Å². The highest BCUT2D eigenvalue weighted by Crippen LogP contribution is 2.27. The van der Waals surface area contributed by atoms with Crippen molar-refractivity contribution in [3.63, 3.8) is 0 Å². The van der Waals surface area contributed by atoms with Crippen LogP contribution < -0.4 is 0 Å². The smallest absolute Gasteiger partial charge is 0.243 e. The fraction of sp³-hybridized carbons (Fsp3) is 0.300. The van der Waals surface area contributed by atoms with Crippen molar-refractivity contribution in [1.29, 1.82) is 0 Å². The Morgan fingerprint density at radius 3 is 1.35 bits per heavy atom. The number of piperazine rings is 1. The van der Waals surface area contributed by atoms with Crippen molar-refractivity contribution in [2.45, 2.75) is 12.1 Å². The number of benzene rings is 2. The van der Waals surface area contributed by atoms with E-state index in [9.17, 15) is 19.8 Å². The van der Waals surface area contributed by atoms with Crippen LogP contribution in [-0.2, 0) is 9.59 Å². The summed E-state index contributed by atoms with van der Waals surface area (Å²) < 4.78 is 0. The van der Waals surface area contributed by atoms with Gasteiger partial charge in [-0.15, -0.1) is 0 Å². The van der Waals surface area contributed by atoms with Crippen LogP contribution in [0.5, 0.6) is 0 Å². The molecule has 3 rings (SSSR count). The zero-order chi connectivity index (χ0) is 18.5. The van der Waals surface area contributed by atoms with Crippen molar-refractivity contribution < 1.29 is 19.8 Å². The van der Waals surface area contributed by atoms with Gasteiger partial charge < -0.3 is 20.0 Å². The zero-order valence-electron chi connectivity index (χ0n) is 14.4. The molecule has 26 heavy (non-hydrogen) atoms. The number of carbonyl (C=O) groups is 2. The molecule has 2 aromatic carbocycles. The van der Waals surface area contributed by atoms with Crippen molar-refractivity contribution in [2.75, 3.05) is 26.3 Å². The minimum Gasteiger partial charge on any atom is -0.394 e. The van der Waals surface area contributed by atoms with Crippen LogP contribution in [0.4, 0.5) is 0 Å². The minimum absolute atomic E-state index is 0.123. The molecule has 1 fully saturated rings. The summed E-state index contributed by atoms with van der Waals surface area (Å²) in [5, 5.41) is 19.6. The van der Waals surface area contributed by atoms with Gasteiger partial charge in [0, 0.05) is 0 Å². The first-order valence-electron chi connectivity index (χ1n) is 8.56. The highest BCUT2D eigenvalue weighted by atomic mass is 16.3. The van der Waals surface area contributed by atoms with Crippen LogP contribution in [0.1, 0.15) is 23.2 Å². The van der Waals surface area contributed by atoms with Crippen LogP contribution in [0.2, 0.25) is 0 Å². The summed E-state index contributed by atoms with van der Waals surface area (Å²) in [5.41, 5.74) is 1.57. The number of aliphatic hydroxyl groups is 2. The van der Waals surface area contributed by atoms with Crippen LogP contribution in [0.3, 0.4) is 0 Å². The monoisotopic (exact) mass is 354 g/mol. The van der Waals surface area contributed by atoms with E-state index in [1.807, 2.05) is 60.7 Å². The van der Waals surface area contributed by atoms with E-state index in [1.54, 1.807) is 0 Å². The molecule has 2 atom stereocenters. The second-order valence-corrected chi connectivity index (χ2v) is 6.26. The summed E-state index contributed by atoms with van der Waals surface area (Å²) in [7, 11) is 0. The zero-order valence-corrected chi connectivity index (χ0v) is 14.4. The third-order valence-corrected chi connectivity index (χ3v) is 4.72. The maximum absolute atomic E-state index is 12.7. The van der Waals surface area contributed by atoms with Gasteiger partial charge in [-0.05, 0) is 11.1 Å². The molecule has 6 nitrogen and oxygen atoms in total. The van der Waals surface area contributed by atoms with Gasteiger partial charge in [-0.1, -0.05) is 60.7 Å². The van der Waals surface area contributed by atoms with Gasteiger partial charge in [0.15, 0.2) is 0 Å². The van der Waals surface area contributed by atoms with E-state index < -0.39 is 12.1 Å². The Kier molecular flexibility index (Phi) is 5.65. The first kappa shape index (κ1) is 18.1. The van der Waals surface area contributed by atoms with Gasteiger partial charge in [0.05, 0.1) is 25.3 Å². The second-order valence-electron chi connectivity index (χ2n) is 6.26. The maximum Gasteiger partial charge on any atom is 0.243 e. The Morgan fingerprint density at radius 2 is 1.04 bits per heavy atom. The molecule has 0 bridgehead atoms. The van der Waals surface area contributed by atoms with E-state index in [0.717, 1.165) is 11.1 Å². The van der Waals surface area contributed by atoms with Crippen molar-refractivity contribution in [1.82, 2.24) is 9.80 Å². The Bertz CT molecular complexity index is 685. The minimum atomic E-state index is -0.556. The molecule has 0 spiro atoms. The van der Waals surface area contributed by atoms with E-state index >= 15 is 0 Å². The Labute approximate surface area is 152 Å². The predicted molar refractivity (Wildman–Crippen MR) is 96.0 cm³/mol. The average Bonchev–Trinajstić information content (AvgIpc) is 2.68. The Hall–Kier alpha value is -2.70. The van der Waals surface area contributed by atoms with Gasteiger partial charge in [-0.25, -0.2) is 0 Å². The molecule has 0 aromatic heterocycles. The average molecular weight is 354 g/mol. The Balaban J connectivity index is 1.81. The third kappa shape index (κ3) is 3.61. The molecule has 136 valence electrons. The lowest BCUT2D eigenvalue weighted by molar-refractivity contribution is -0.156. The van der Waals surface area contributed by atoms with Gasteiger partial charge in [0.1, 0.15) is 13.1 Å². The van der Waals surface area contributed by atoms with Crippen LogP contribution in [-0.4, -0.2) is 58.1 Å². The van der Waals surface area contributed by atoms with Crippen LogP contribution in [0, 0.1) is 0 Å². The number of hydrogen-bond acceptors (Lipinski definition) is 4. The Morgan fingerprint density at radius 1 is 0.692 bits per heavy atom. The molecule has 1 heterocycles. The van der Waals surface area contributed by atoms with Crippen molar-refractivity contribution in [3.8, 4) is 0 Å². The molecule has 2 amide bonds. The molecule has 0 radical (unpaired) electrons. The quantitative estimate of drug-likeness (QED) is 0.815. The molecule has 1 saturated heterocycles. The number of carbonyl (C=O) groups excluding carboxylic acids is 2. The van der Waals surface area contributed by atoms with E-state index in [0.29, 0.717) is 0 Å². The maximum atomic E-state index is 12.7. The fourth-order valence-corrected chi connectivity index (χ4v) is 3.34. The molecule has 1 aliphatic heterocycles. The third-order valence-electron chi connectivity index (χ3n) is 4.72.